The van der Waals surface area contributed by atoms with Gasteiger partial charge in [0.05, 0.1) is 12.1 Å². The maximum absolute atomic E-state index is 12.6. The third kappa shape index (κ3) is 2.97. The summed E-state index contributed by atoms with van der Waals surface area (Å²) in [5.74, 6) is 2.74. The van der Waals surface area contributed by atoms with E-state index in [0.29, 0.717) is 29.1 Å². The monoisotopic (exact) mass is 342 g/mol. The minimum absolute atomic E-state index is 0.137. The van der Waals surface area contributed by atoms with Crippen molar-refractivity contribution in [2.75, 3.05) is 13.3 Å². The number of benzene rings is 1. The second-order valence-corrected chi connectivity index (χ2v) is 6.56. The molecule has 1 saturated heterocycles. The molecule has 1 amide bonds. The number of hydrogen-bond acceptors (Lipinski definition) is 5. The van der Waals surface area contributed by atoms with Gasteiger partial charge in [-0.2, -0.15) is 0 Å². The Morgan fingerprint density at radius 3 is 3.00 bits per heavy atom. The average Bonchev–Trinajstić information content (AvgIpc) is 3.33. The van der Waals surface area contributed by atoms with Crippen LogP contribution in [0.2, 0.25) is 0 Å². The number of ether oxygens (including phenoxy) is 2. The lowest BCUT2D eigenvalue weighted by Gasteiger charge is -2.23. The zero-order valence-corrected chi connectivity index (χ0v) is 14.6. The Hall–Kier alpha value is -2.50. The molecule has 0 bridgehead atoms. The van der Waals surface area contributed by atoms with Crippen molar-refractivity contribution in [3.05, 3.63) is 29.7 Å². The van der Waals surface area contributed by atoms with Gasteiger partial charge in [0.1, 0.15) is 5.76 Å². The van der Waals surface area contributed by atoms with E-state index in [1.807, 2.05) is 30.0 Å². The Morgan fingerprint density at radius 1 is 1.32 bits per heavy atom. The van der Waals surface area contributed by atoms with E-state index in [2.05, 4.69) is 11.9 Å². The summed E-state index contributed by atoms with van der Waals surface area (Å²) >= 11 is 0. The van der Waals surface area contributed by atoms with Crippen LogP contribution in [0.3, 0.4) is 0 Å². The summed E-state index contributed by atoms with van der Waals surface area (Å²) < 4.78 is 16.5. The summed E-state index contributed by atoms with van der Waals surface area (Å²) in [6.07, 6.45) is 3.48. The number of nitrogens with zero attached hydrogens (tertiary/aromatic N) is 2. The standard InChI is InChI=1S/C19H22N2O4/c1-3-14-5-4-8-21(14)18(22)10-15-12(2)25-19(20-15)13-6-7-16-17(9-13)24-11-23-16/h6-7,9,14H,3-5,8,10-11H2,1-2H3. The fraction of sp³-hybridized carbons (Fsp3) is 0.474. The molecule has 3 heterocycles. The molecule has 1 aromatic heterocycles. The fourth-order valence-electron chi connectivity index (χ4n) is 3.58. The first-order chi connectivity index (χ1) is 12.2. The molecule has 0 saturated carbocycles. The van der Waals surface area contributed by atoms with E-state index < -0.39 is 0 Å². The maximum Gasteiger partial charge on any atom is 0.231 e. The van der Waals surface area contributed by atoms with Crippen molar-refractivity contribution in [1.29, 1.82) is 0 Å². The number of fused-ring (bicyclic) bond motifs is 1. The molecule has 1 aromatic carbocycles. The van der Waals surface area contributed by atoms with Gasteiger partial charge in [0, 0.05) is 18.2 Å². The number of hydrogen-bond donors (Lipinski definition) is 0. The number of rotatable bonds is 4. The normalized spacial score (nSPS) is 18.8. The molecule has 0 aliphatic carbocycles. The third-order valence-electron chi connectivity index (χ3n) is 5.00. The van der Waals surface area contributed by atoms with Gasteiger partial charge >= 0.3 is 0 Å². The molecule has 2 aromatic rings. The zero-order valence-electron chi connectivity index (χ0n) is 14.6. The van der Waals surface area contributed by atoms with E-state index in [-0.39, 0.29) is 19.1 Å². The van der Waals surface area contributed by atoms with E-state index in [0.717, 1.165) is 37.1 Å². The van der Waals surface area contributed by atoms with Gasteiger partial charge in [-0.25, -0.2) is 4.98 Å². The Labute approximate surface area is 146 Å². The first-order valence-electron chi connectivity index (χ1n) is 8.81. The highest BCUT2D eigenvalue weighted by atomic mass is 16.7. The van der Waals surface area contributed by atoms with E-state index in [1.165, 1.54) is 0 Å². The van der Waals surface area contributed by atoms with E-state index in [1.54, 1.807) is 0 Å². The topological polar surface area (TPSA) is 64.8 Å². The predicted octanol–water partition coefficient (Wildman–Crippen LogP) is 3.32. The summed E-state index contributed by atoms with van der Waals surface area (Å²) in [7, 11) is 0. The summed E-state index contributed by atoms with van der Waals surface area (Å²) in [4.78, 5) is 19.2. The Kier molecular flexibility index (Phi) is 4.11. The minimum atomic E-state index is 0.137. The molecule has 0 N–H and O–H groups in total. The average molecular weight is 342 g/mol. The molecule has 4 rings (SSSR count). The number of aryl methyl sites for hydroxylation is 1. The van der Waals surface area contributed by atoms with E-state index >= 15 is 0 Å². The number of oxazole rings is 1. The summed E-state index contributed by atoms with van der Waals surface area (Å²) in [5, 5.41) is 0. The van der Waals surface area contributed by atoms with Crippen LogP contribution >= 0.6 is 0 Å². The Balaban J connectivity index is 1.53. The number of likely N-dealkylation sites (tertiary alicyclic amines) is 1. The molecule has 132 valence electrons. The summed E-state index contributed by atoms with van der Waals surface area (Å²) in [5.41, 5.74) is 1.53. The number of aromatic nitrogens is 1. The fourth-order valence-corrected chi connectivity index (χ4v) is 3.58. The maximum atomic E-state index is 12.6. The van der Waals surface area contributed by atoms with Crippen LogP contribution in [0.4, 0.5) is 0 Å². The molecule has 6 nitrogen and oxygen atoms in total. The van der Waals surface area contributed by atoms with Gasteiger partial charge in [-0.3, -0.25) is 4.79 Å². The minimum Gasteiger partial charge on any atom is -0.454 e. The molecule has 2 aliphatic rings. The Morgan fingerprint density at radius 2 is 2.16 bits per heavy atom. The van der Waals surface area contributed by atoms with Crippen molar-refractivity contribution in [3.63, 3.8) is 0 Å². The quantitative estimate of drug-likeness (QED) is 0.853. The second-order valence-electron chi connectivity index (χ2n) is 6.56. The van der Waals surface area contributed by atoms with Gasteiger partial charge in [-0.1, -0.05) is 6.92 Å². The van der Waals surface area contributed by atoms with Crippen LogP contribution in [0.25, 0.3) is 11.5 Å². The van der Waals surface area contributed by atoms with Crippen molar-refractivity contribution >= 4 is 5.91 Å². The molecular weight excluding hydrogens is 320 g/mol. The largest absolute Gasteiger partial charge is 0.454 e. The second kappa shape index (κ2) is 6.43. The lowest BCUT2D eigenvalue weighted by atomic mass is 10.1. The molecule has 6 heteroatoms. The van der Waals surface area contributed by atoms with Crippen LogP contribution in [0.15, 0.2) is 22.6 Å². The first-order valence-corrected chi connectivity index (χ1v) is 8.81. The summed E-state index contributed by atoms with van der Waals surface area (Å²) in [6, 6.07) is 5.95. The van der Waals surface area contributed by atoms with Crippen molar-refractivity contribution in [2.45, 2.75) is 45.6 Å². The van der Waals surface area contributed by atoms with Crippen LogP contribution in [0.1, 0.15) is 37.6 Å². The van der Waals surface area contributed by atoms with Crippen LogP contribution in [-0.2, 0) is 11.2 Å². The highest BCUT2D eigenvalue weighted by Gasteiger charge is 2.28. The number of carbonyl (C=O) groups excluding carboxylic acids is 1. The predicted molar refractivity (Wildman–Crippen MR) is 91.5 cm³/mol. The van der Waals surface area contributed by atoms with E-state index in [4.69, 9.17) is 13.9 Å². The van der Waals surface area contributed by atoms with Crippen LogP contribution < -0.4 is 9.47 Å². The summed E-state index contributed by atoms with van der Waals surface area (Å²) in [6.45, 7) is 5.07. The third-order valence-corrected chi connectivity index (χ3v) is 5.00. The van der Waals surface area contributed by atoms with Crippen molar-refractivity contribution in [1.82, 2.24) is 9.88 Å². The Bertz CT molecular complexity index is 799. The van der Waals surface area contributed by atoms with Gasteiger partial charge in [-0.15, -0.1) is 0 Å². The van der Waals surface area contributed by atoms with Crippen LogP contribution in [-0.4, -0.2) is 35.2 Å². The molecule has 0 radical (unpaired) electrons. The molecule has 25 heavy (non-hydrogen) atoms. The van der Waals surface area contributed by atoms with Crippen LogP contribution in [0.5, 0.6) is 11.5 Å². The van der Waals surface area contributed by atoms with Crippen molar-refractivity contribution < 1.29 is 18.7 Å². The van der Waals surface area contributed by atoms with Gasteiger partial charge in [0.25, 0.3) is 0 Å². The van der Waals surface area contributed by atoms with Gasteiger partial charge in [0.2, 0.25) is 18.6 Å². The molecule has 0 spiro atoms. The number of carbonyl (C=O) groups is 1. The van der Waals surface area contributed by atoms with Gasteiger partial charge in [0.15, 0.2) is 11.5 Å². The lowest BCUT2D eigenvalue weighted by molar-refractivity contribution is -0.131. The first kappa shape index (κ1) is 16.0. The smallest absolute Gasteiger partial charge is 0.231 e. The number of amides is 1. The zero-order chi connectivity index (χ0) is 17.4. The molecule has 1 unspecified atom stereocenters. The highest BCUT2D eigenvalue weighted by Crippen LogP contribution is 2.36. The molecular formula is C19H22N2O4. The molecule has 1 fully saturated rings. The van der Waals surface area contributed by atoms with E-state index in [9.17, 15) is 4.79 Å². The molecule has 2 aliphatic heterocycles. The van der Waals surface area contributed by atoms with Gasteiger partial charge < -0.3 is 18.8 Å². The van der Waals surface area contributed by atoms with Crippen molar-refractivity contribution in [2.24, 2.45) is 0 Å². The van der Waals surface area contributed by atoms with Gasteiger partial charge in [-0.05, 0) is 44.4 Å². The van der Waals surface area contributed by atoms with Crippen LogP contribution in [0, 0.1) is 6.92 Å². The highest BCUT2D eigenvalue weighted by molar-refractivity contribution is 5.79. The SMILES string of the molecule is CCC1CCCN1C(=O)Cc1nc(-c2ccc3c(c2)OCO3)oc1C. The van der Waals surface area contributed by atoms with Crippen molar-refractivity contribution in [3.8, 4) is 23.0 Å². The molecule has 1 atom stereocenters. The lowest BCUT2D eigenvalue weighted by Crippen LogP contribution is -2.36.